The summed E-state index contributed by atoms with van der Waals surface area (Å²) in [4.78, 5) is 8.20. The molecule has 0 fully saturated rings. The Balaban J connectivity index is 1.96. The summed E-state index contributed by atoms with van der Waals surface area (Å²) in [6.45, 7) is 3.55. The van der Waals surface area contributed by atoms with Crippen LogP contribution in [0.2, 0.25) is 0 Å². The Labute approximate surface area is 160 Å². The highest BCUT2D eigenvalue weighted by Gasteiger charge is 2.35. The Hall–Kier alpha value is -3.37. The quantitative estimate of drug-likeness (QED) is 0.540. The monoisotopic (exact) mass is 414 g/mol. The molecule has 0 unspecified atom stereocenters. The molecule has 2 aromatic heterocycles. The number of benzene rings is 1. The number of alkyl halides is 6. The van der Waals surface area contributed by atoms with Crippen molar-refractivity contribution in [1.82, 2.24) is 19.7 Å². The van der Waals surface area contributed by atoms with E-state index < -0.39 is 23.6 Å². The second-order valence-corrected chi connectivity index (χ2v) is 5.83. The lowest BCUT2D eigenvalue weighted by molar-refractivity contribution is -0.141. The van der Waals surface area contributed by atoms with Crippen molar-refractivity contribution in [3.63, 3.8) is 0 Å². The Morgan fingerprint density at radius 2 is 1.62 bits per heavy atom. The predicted octanol–water partition coefficient (Wildman–Crippen LogP) is 5.35. The number of nitrogens with zero attached hydrogens (tertiary/aromatic N) is 4. The van der Waals surface area contributed by atoms with Crippen LogP contribution in [0.4, 0.5) is 26.3 Å². The van der Waals surface area contributed by atoms with Crippen molar-refractivity contribution in [3.8, 4) is 23.1 Å². The number of aromatic nitrogens is 4. The smallest absolute Gasteiger partial charge is 0.421 e. The molecule has 0 radical (unpaired) electrons. The van der Waals surface area contributed by atoms with Gasteiger partial charge in [0.25, 0.3) is 0 Å². The molecular weight excluding hydrogens is 402 g/mol. The first kappa shape index (κ1) is 20.4. The van der Waals surface area contributed by atoms with E-state index in [4.69, 9.17) is 4.74 Å². The zero-order valence-electron chi connectivity index (χ0n) is 14.7. The summed E-state index contributed by atoms with van der Waals surface area (Å²) in [6, 6.07) is 6.13. The number of halogens is 6. The first-order valence-corrected chi connectivity index (χ1v) is 7.95. The first-order valence-electron chi connectivity index (χ1n) is 7.95. The van der Waals surface area contributed by atoms with E-state index in [2.05, 4.69) is 21.6 Å². The Morgan fingerprint density at radius 1 is 0.966 bits per heavy atom. The molecule has 3 rings (SSSR count). The van der Waals surface area contributed by atoms with E-state index in [1.165, 1.54) is 31.3 Å². The lowest BCUT2D eigenvalue weighted by atomic mass is 10.1. The molecule has 11 heteroatoms. The van der Waals surface area contributed by atoms with Gasteiger partial charge in [-0.1, -0.05) is 18.7 Å². The molecule has 0 N–H and O–H groups in total. The van der Waals surface area contributed by atoms with Gasteiger partial charge in [0.2, 0.25) is 11.8 Å². The van der Waals surface area contributed by atoms with Gasteiger partial charge in [-0.25, -0.2) is 9.67 Å². The highest BCUT2D eigenvalue weighted by atomic mass is 19.4. The summed E-state index contributed by atoms with van der Waals surface area (Å²) in [6.07, 6.45) is -7.80. The third-order valence-electron chi connectivity index (χ3n) is 3.74. The maximum absolute atomic E-state index is 12.8. The molecule has 0 aliphatic carbocycles. The lowest BCUT2D eigenvalue weighted by Crippen LogP contribution is -2.06. The Morgan fingerprint density at radius 3 is 2.14 bits per heavy atom. The van der Waals surface area contributed by atoms with Crippen LogP contribution in [-0.2, 0) is 19.4 Å². The van der Waals surface area contributed by atoms with Gasteiger partial charge < -0.3 is 4.74 Å². The highest BCUT2D eigenvalue weighted by Crippen LogP contribution is 2.33. The van der Waals surface area contributed by atoms with Crippen molar-refractivity contribution in [3.05, 3.63) is 59.9 Å². The van der Waals surface area contributed by atoms with Crippen LogP contribution in [0.3, 0.4) is 0 Å². The molecule has 0 spiro atoms. The molecule has 1 aromatic carbocycles. The fraction of sp³-hybridized carbons (Fsp3) is 0.167. The van der Waals surface area contributed by atoms with Crippen LogP contribution < -0.4 is 4.74 Å². The zero-order valence-corrected chi connectivity index (χ0v) is 14.7. The van der Waals surface area contributed by atoms with Gasteiger partial charge in [-0.15, -0.1) is 0 Å². The van der Waals surface area contributed by atoms with Crippen LogP contribution in [0, 0.1) is 0 Å². The molecule has 2 heterocycles. The van der Waals surface area contributed by atoms with Crippen molar-refractivity contribution >= 4 is 6.08 Å². The lowest BCUT2D eigenvalue weighted by Gasteiger charge is -2.09. The largest absolute Gasteiger partial charge is 0.435 e. The molecule has 29 heavy (non-hydrogen) atoms. The standard InChI is InChI=1S/C18H12F6N4O/c1-3-12-8-14(29-15-9-13(18(22,23)24)27-28(15)2)26-16(25-12)10-4-6-11(7-5-10)17(19,20)21/h3-9H,1H2,2H3. The number of ether oxygens (including phenoxy) is 1. The first-order chi connectivity index (χ1) is 13.5. The molecule has 0 aliphatic heterocycles. The molecule has 152 valence electrons. The number of rotatable bonds is 4. The molecule has 5 nitrogen and oxygen atoms in total. The van der Waals surface area contributed by atoms with E-state index in [9.17, 15) is 26.3 Å². The van der Waals surface area contributed by atoms with E-state index in [0.717, 1.165) is 16.8 Å². The van der Waals surface area contributed by atoms with E-state index >= 15 is 0 Å². The normalized spacial score (nSPS) is 12.1. The summed E-state index contributed by atoms with van der Waals surface area (Å²) < 4.78 is 82.8. The second-order valence-electron chi connectivity index (χ2n) is 5.83. The van der Waals surface area contributed by atoms with Crippen molar-refractivity contribution < 1.29 is 31.1 Å². The Bertz CT molecular complexity index is 1040. The van der Waals surface area contributed by atoms with Gasteiger partial charge in [-0.05, 0) is 18.2 Å². The summed E-state index contributed by atoms with van der Waals surface area (Å²) in [5, 5.41) is 3.33. The van der Waals surface area contributed by atoms with E-state index in [1.54, 1.807) is 0 Å². The van der Waals surface area contributed by atoms with Crippen LogP contribution in [0.1, 0.15) is 17.0 Å². The van der Waals surface area contributed by atoms with Gasteiger partial charge in [0.15, 0.2) is 11.5 Å². The molecule has 0 atom stereocenters. The molecule has 0 bridgehead atoms. The van der Waals surface area contributed by atoms with Gasteiger partial charge in [0.05, 0.1) is 11.3 Å². The van der Waals surface area contributed by atoms with Crippen molar-refractivity contribution in [2.75, 3.05) is 0 Å². The van der Waals surface area contributed by atoms with Crippen molar-refractivity contribution in [2.24, 2.45) is 7.05 Å². The molecule has 0 amide bonds. The fourth-order valence-corrected chi connectivity index (χ4v) is 2.33. The van der Waals surface area contributed by atoms with Crippen molar-refractivity contribution in [2.45, 2.75) is 12.4 Å². The average molecular weight is 414 g/mol. The minimum absolute atomic E-state index is 0.0179. The molecule has 3 aromatic rings. The fourth-order valence-electron chi connectivity index (χ4n) is 2.33. The number of hydrogen-bond donors (Lipinski definition) is 0. The summed E-state index contributed by atoms with van der Waals surface area (Å²) in [5.41, 5.74) is -1.46. The SMILES string of the molecule is C=Cc1cc(Oc2cc(C(F)(F)F)nn2C)nc(-c2ccc(C(F)(F)F)cc2)n1. The van der Waals surface area contributed by atoms with Crippen molar-refractivity contribution in [1.29, 1.82) is 0 Å². The topological polar surface area (TPSA) is 52.8 Å². The summed E-state index contributed by atoms with van der Waals surface area (Å²) in [5.74, 6) is -0.338. The van der Waals surface area contributed by atoms with E-state index in [-0.39, 0.29) is 28.8 Å². The summed E-state index contributed by atoms with van der Waals surface area (Å²) in [7, 11) is 1.26. The molecule has 0 saturated carbocycles. The van der Waals surface area contributed by atoms with Gasteiger partial charge in [-0.3, -0.25) is 0 Å². The average Bonchev–Trinajstić information content (AvgIpc) is 3.02. The molecule has 0 aliphatic rings. The van der Waals surface area contributed by atoms with E-state index in [1.807, 2.05) is 0 Å². The van der Waals surface area contributed by atoms with Gasteiger partial charge in [0.1, 0.15) is 0 Å². The van der Waals surface area contributed by atoms with Crippen LogP contribution in [0.25, 0.3) is 17.5 Å². The van der Waals surface area contributed by atoms with Gasteiger partial charge >= 0.3 is 12.4 Å². The maximum Gasteiger partial charge on any atom is 0.435 e. The summed E-state index contributed by atoms with van der Waals surface area (Å²) >= 11 is 0. The molecule has 0 saturated heterocycles. The number of aryl methyl sites for hydroxylation is 1. The maximum atomic E-state index is 12.8. The number of hydrogen-bond acceptors (Lipinski definition) is 4. The third kappa shape index (κ3) is 4.55. The van der Waals surface area contributed by atoms with Crippen LogP contribution in [0.5, 0.6) is 11.8 Å². The van der Waals surface area contributed by atoms with Crippen LogP contribution >= 0.6 is 0 Å². The highest BCUT2D eigenvalue weighted by molar-refractivity contribution is 5.59. The second kappa shape index (κ2) is 7.22. The van der Waals surface area contributed by atoms with Gasteiger partial charge in [-0.2, -0.15) is 36.4 Å². The molecular formula is C18H12F6N4O. The van der Waals surface area contributed by atoms with E-state index in [0.29, 0.717) is 6.07 Å². The predicted molar refractivity (Wildman–Crippen MR) is 90.8 cm³/mol. The van der Waals surface area contributed by atoms with Gasteiger partial charge in [0, 0.05) is 24.7 Å². The van der Waals surface area contributed by atoms with Crippen LogP contribution in [-0.4, -0.2) is 19.7 Å². The minimum Gasteiger partial charge on any atom is -0.421 e. The third-order valence-corrected chi connectivity index (χ3v) is 3.74. The minimum atomic E-state index is -4.65. The van der Waals surface area contributed by atoms with Crippen LogP contribution in [0.15, 0.2) is 43.0 Å². The Kier molecular flexibility index (Phi) is 5.07. The zero-order chi connectivity index (χ0) is 21.4.